The molecule has 0 radical (unpaired) electrons. The number of thioether (sulfide) groups is 1. The fourth-order valence-electron chi connectivity index (χ4n) is 2.96. The van der Waals surface area contributed by atoms with Crippen molar-refractivity contribution in [3.8, 4) is 0 Å². The van der Waals surface area contributed by atoms with E-state index in [1.165, 1.54) is 11.8 Å². The van der Waals surface area contributed by atoms with Gasteiger partial charge in [0.25, 0.3) is 5.91 Å². The molecule has 0 saturated heterocycles. The van der Waals surface area contributed by atoms with Crippen LogP contribution in [0.4, 0.5) is 5.69 Å². The van der Waals surface area contributed by atoms with E-state index in [9.17, 15) is 9.59 Å². The second kappa shape index (κ2) is 8.41. The Morgan fingerprint density at radius 2 is 2.04 bits per heavy atom. The van der Waals surface area contributed by atoms with Crippen molar-refractivity contribution in [1.82, 2.24) is 5.32 Å². The first-order valence-electron chi connectivity index (χ1n) is 9.00. The van der Waals surface area contributed by atoms with Gasteiger partial charge in [0.05, 0.1) is 18.0 Å². The maximum absolute atomic E-state index is 12.6. The van der Waals surface area contributed by atoms with Crippen molar-refractivity contribution in [1.29, 1.82) is 0 Å². The largest absolute Gasteiger partial charge is 0.352 e. The lowest BCUT2D eigenvalue weighted by atomic mass is 10.1. The third-order valence-corrected chi connectivity index (χ3v) is 5.62. The number of carbonyl (C=O) groups is 2. The molecule has 5 heteroatoms. The fraction of sp³-hybridized carbons (Fsp3) is 0.333. The molecule has 1 aliphatic heterocycles. The molecule has 136 valence electrons. The fourth-order valence-corrected chi connectivity index (χ4v) is 3.87. The summed E-state index contributed by atoms with van der Waals surface area (Å²) in [6.45, 7) is 5.35. The van der Waals surface area contributed by atoms with Gasteiger partial charge in [-0.2, -0.15) is 0 Å². The highest BCUT2D eigenvalue weighted by atomic mass is 32.2. The molecule has 0 aliphatic carbocycles. The first kappa shape index (κ1) is 18.5. The van der Waals surface area contributed by atoms with E-state index in [-0.39, 0.29) is 11.8 Å². The summed E-state index contributed by atoms with van der Waals surface area (Å²) in [7, 11) is 0. The normalized spacial score (nSPS) is 13.5. The second-order valence-corrected chi connectivity index (χ2v) is 7.50. The lowest BCUT2D eigenvalue weighted by Gasteiger charge is -2.30. The summed E-state index contributed by atoms with van der Waals surface area (Å²) >= 11 is 1.53. The van der Waals surface area contributed by atoms with E-state index >= 15 is 0 Å². The van der Waals surface area contributed by atoms with Crippen molar-refractivity contribution >= 4 is 29.3 Å². The maximum atomic E-state index is 12.6. The Kier molecular flexibility index (Phi) is 5.99. The van der Waals surface area contributed by atoms with Crippen LogP contribution in [-0.4, -0.2) is 24.1 Å². The van der Waals surface area contributed by atoms with Gasteiger partial charge in [-0.25, -0.2) is 0 Å². The van der Waals surface area contributed by atoms with E-state index in [0.29, 0.717) is 24.4 Å². The van der Waals surface area contributed by atoms with Crippen molar-refractivity contribution in [2.75, 3.05) is 17.2 Å². The van der Waals surface area contributed by atoms with Crippen LogP contribution in [0.25, 0.3) is 0 Å². The Morgan fingerprint density at radius 3 is 2.81 bits per heavy atom. The maximum Gasteiger partial charge on any atom is 0.251 e. The van der Waals surface area contributed by atoms with Crippen molar-refractivity contribution in [3.05, 3.63) is 59.2 Å². The van der Waals surface area contributed by atoms with Crippen molar-refractivity contribution < 1.29 is 9.59 Å². The minimum atomic E-state index is -0.0832. The van der Waals surface area contributed by atoms with Gasteiger partial charge >= 0.3 is 0 Å². The van der Waals surface area contributed by atoms with E-state index < -0.39 is 0 Å². The second-order valence-electron chi connectivity index (χ2n) is 6.49. The minimum absolute atomic E-state index is 0.0781. The summed E-state index contributed by atoms with van der Waals surface area (Å²) in [5.41, 5.74) is 3.72. The number of aryl methyl sites for hydroxylation is 1. The molecule has 2 amide bonds. The molecule has 2 aromatic rings. The Hall–Kier alpha value is -2.27. The molecule has 0 unspecified atom stereocenters. The summed E-state index contributed by atoms with van der Waals surface area (Å²) in [5, 5.41) is 2.94. The average Bonchev–Trinajstić information content (AvgIpc) is 2.65. The third kappa shape index (κ3) is 4.10. The van der Waals surface area contributed by atoms with E-state index in [2.05, 4.69) is 25.2 Å². The summed E-state index contributed by atoms with van der Waals surface area (Å²) < 4.78 is 0. The number of rotatable bonds is 6. The quantitative estimate of drug-likeness (QED) is 0.779. The highest BCUT2D eigenvalue weighted by Gasteiger charge is 2.26. The molecule has 0 bridgehead atoms. The molecule has 1 aliphatic rings. The number of hydrogen-bond acceptors (Lipinski definition) is 3. The van der Waals surface area contributed by atoms with Crippen LogP contribution in [0.5, 0.6) is 0 Å². The van der Waals surface area contributed by atoms with Gasteiger partial charge in [0.1, 0.15) is 0 Å². The third-order valence-electron chi connectivity index (χ3n) is 4.57. The van der Waals surface area contributed by atoms with Gasteiger partial charge in [0.2, 0.25) is 5.91 Å². The molecule has 0 fully saturated rings. The number of fused-ring (bicyclic) bond motifs is 1. The number of amides is 2. The number of benzene rings is 2. The van der Waals surface area contributed by atoms with E-state index in [1.807, 2.05) is 36.4 Å². The number of unbranched alkanes of at least 4 members (excludes halogenated alkanes) is 1. The molecule has 26 heavy (non-hydrogen) atoms. The van der Waals surface area contributed by atoms with Crippen LogP contribution in [-0.2, 0) is 11.3 Å². The molecule has 0 atom stereocenters. The average molecular weight is 369 g/mol. The summed E-state index contributed by atoms with van der Waals surface area (Å²) in [4.78, 5) is 27.8. The van der Waals surface area contributed by atoms with Crippen LogP contribution in [0.15, 0.2) is 47.4 Å². The topological polar surface area (TPSA) is 49.4 Å². The van der Waals surface area contributed by atoms with E-state index in [1.54, 1.807) is 4.90 Å². The monoisotopic (exact) mass is 368 g/mol. The smallest absolute Gasteiger partial charge is 0.251 e. The van der Waals surface area contributed by atoms with Gasteiger partial charge < -0.3 is 10.2 Å². The van der Waals surface area contributed by atoms with Crippen LogP contribution >= 0.6 is 11.8 Å². The molecule has 0 aromatic heterocycles. The summed E-state index contributed by atoms with van der Waals surface area (Å²) in [5.74, 6) is 0.426. The van der Waals surface area contributed by atoms with Gasteiger partial charge in [-0.3, -0.25) is 9.59 Å². The van der Waals surface area contributed by atoms with Crippen LogP contribution < -0.4 is 10.2 Å². The zero-order chi connectivity index (χ0) is 18.5. The number of nitrogens with one attached hydrogen (secondary N) is 1. The Bertz CT molecular complexity index is 819. The molecule has 4 nitrogen and oxygen atoms in total. The molecular weight excluding hydrogens is 344 g/mol. The Labute approximate surface area is 159 Å². The zero-order valence-electron chi connectivity index (χ0n) is 15.2. The molecule has 0 saturated carbocycles. The number of nitrogens with zero attached hydrogens (tertiary/aromatic N) is 1. The lowest BCUT2D eigenvalue weighted by Crippen LogP contribution is -2.35. The minimum Gasteiger partial charge on any atom is -0.352 e. The van der Waals surface area contributed by atoms with Gasteiger partial charge in [-0.1, -0.05) is 37.6 Å². The zero-order valence-corrected chi connectivity index (χ0v) is 16.1. The molecule has 1 heterocycles. The predicted molar refractivity (Wildman–Crippen MR) is 107 cm³/mol. The van der Waals surface area contributed by atoms with E-state index in [4.69, 9.17) is 0 Å². The lowest BCUT2D eigenvalue weighted by molar-refractivity contribution is -0.116. The standard InChI is InChI=1S/C21H24N2O2S/c1-3-4-11-22-21(25)16-9-10-19-18(12-16)23(20(24)14-26-19)13-17-8-6-5-7-15(17)2/h5-10,12H,3-4,11,13-14H2,1-2H3,(H,22,25). The number of hydrogen-bond donors (Lipinski definition) is 1. The van der Waals surface area contributed by atoms with Crippen LogP contribution in [0, 0.1) is 6.92 Å². The highest BCUT2D eigenvalue weighted by molar-refractivity contribution is 8.00. The van der Waals surface area contributed by atoms with Crippen LogP contribution in [0.2, 0.25) is 0 Å². The molecule has 0 spiro atoms. The molecule has 3 rings (SSSR count). The molecule has 1 N–H and O–H groups in total. The SMILES string of the molecule is CCCCNC(=O)c1ccc2c(c1)N(Cc1ccccc1C)C(=O)CS2. The van der Waals surface area contributed by atoms with E-state index in [0.717, 1.165) is 34.6 Å². The predicted octanol–water partition coefficient (Wildman–Crippen LogP) is 4.16. The van der Waals surface area contributed by atoms with Gasteiger partial charge in [-0.15, -0.1) is 11.8 Å². The summed E-state index contributed by atoms with van der Waals surface area (Å²) in [6.07, 6.45) is 2.00. The Morgan fingerprint density at radius 1 is 1.23 bits per heavy atom. The first-order valence-corrected chi connectivity index (χ1v) is 9.98. The van der Waals surface area contributed by atoms with Crippen LogP contribution in [0.1, 0.15) is 41.3 Å². The molecular formula is C21H24N2O2S. The van der Waals surface area contributed by atoms with Gasteiger partial charge in [-0.05, 0) is 42.7 Å². The number of anilines is 1. The molecule has 2 aromatic carbocycles. The van der Waals surface area contributed by atoms with Crippen molar-refractivity contribution in [2.24, 2.45) is 0 Å². The van der Waals surface area contributed by atoms with Crippen LogP contribution in [0.3, 0.4) is 0 Å². The van der Waals surface area contributed by atoms with Gasteiger partial charge in [0, 0.05) is 17.0 Å². The number of carbonyl (C=O) groups excluding carboxylic acids is 2. The first-order chi connectivity index (χ1) is 12.6. The summed E-state index contributed by atoms with van der Waals surface area (Å²) in [6, 6.07) is 13.7. The van der Waals surface area contributed by atoms with Gasteiger partial charge in [0.15, 0.2) is 0 Å². The Balaban J connectivity index is 1.87. The highest BCUT2D eigenvalue weighted by Crippen LogP contribution is 2.37. The van der Waals surface area contributed by atoms with Crippen molar-refractivity contribution in [2.45, 2.75) is 38.1 Å². The van der Waals surface area contributed by atoms with Crippen molar-refractivity contribution in [3.63, 3.8) is 0 Å².